The molecule has 1 aromatic carbocycles. The van der Waals surface area contributed by atoms with Crippen molar-refractivity contribution in [2.45, 2.75) is 25.9 Å². The fourth-order valence-corrected chi connectivity index (χ4v) is 1.61. The molecule has 0 fully saturated rings. The van der Waals surface area contributed by atoms with Crippen LogP contribution in [-0.4, -0.2) is 32.1 Å². The van der Waals surface area contributed by atoms with E-state index in [9.17, 15) is 18.0 Å². The number of halogens is 3. The average Bonchev–Trinajstić information content (AvgIpc) is 2.42. The summed E-state index contributed by atoms with van der Waals surface area (Å²) in [6.45, 7) is 1.63. The number of carbonyl (C=O) groups excluding carboxylic acids is 1. The first-order chi connectivity index (χ1) is 9.77. The Morgan fingerprint density at radius 2 is 1.90 bits per heavy atom. The average molecular weight is 303 g/mol. The summed E-state index contributed by atoms with van der Waals surface area (Å²) in [6.07, 6.45) is -5.49. The molecule has 0 spiro atoms. The highest BCUT2D eigenvalue weighted by Crippen LogP contribution is 2.28. The molecule has 1 aromatic rings. The van der Waals surface area contributed by atoms with Crippen molar-refractivity contribution in [2.75, 3.05) is 14.2 Å². The fraction of sp³-hybridized carbons (Fsp3) is 0.429. The van der Waals surface area contributed by atoms with E-state index in [0.29, 0.717) is 11.3 Å². The smallest absolute Gasteiger partial charge is 0.429 e. The van der Waals surface area contributed by atoms with E-state index in [2.05, 4.69) is 9.73 Å². The van der Waals surface area contributed by atoms with E-state index in [1.807, 2.05) is 0 Å². The number of esters is 1. The lowest BCUT2D eigenvalue weighted by Gasteiger charge is -2.11. The molecule has 4 nitrogen and oxygen atoms in total. The molecule has 0 N–H and O–H groups in total. The number of aliphatic imine (C=N–C) groups is 1. The lowest BCUT2D eigenvalue weighted by Crippen LogP contribution is -2.23. The van der Waals surface area contributed by atoms with Crippen molar-refractivity contribution in [3.8, 4) is 5.75 Å². The predicted octanol–water partition coefficient (Wildman–Crippen LogP) is 3.59. The third-order valence-corrected chi connectivity index (χ3v) is 2.78. The first-order valence-corrected chi connectivity index (χ1v) is 6.14. The number of benzene rings is 1. The van der Waals surface area contributed by atoms with Gasteiger partial charge in [-0.2, -0.15) is 13.2 Å². The number of ether oxygens (including phenoxy) is 2. The van der Waals surface area contributed by atoms with E-state index in [0.717, 1.165) is 7.11 Å². The second-order valence-electron chi connectivity index (χ2n) is 4.28. The van der Waals surface area contributed by atoms with Gasteiger partial charge in [-0.1, -0.05) is 0 Å². The largest absolute Gasteiger partial charge is 0.497 e. The van der Waals surface area contributed by atoms with Gasteiger partial charge in [0.15, 0.2) is 0 Å². The van der Waals surface area contributed by atoms with Gasteiger partial charge in [-0.05, 0) is 30.7 Å². The summed E-state index contributed by atoms with van der Waals surface area (Å²) < 4.78 is 48.1. The fourth-order valence-electron chi connectivity index (χ4n) is 1.61. The molecule has 0 aromatic heterocycles. The first-order valence-electron chi connectivity index (χ1n) is 6.14. The van der Waals surface area contributed by atoms with Gasteiger partial charge in [0.2, 0.25) is 0 Å². The van der Waals surface area contributed by atoms with E-state index in [-0.39, 0.29) is 12.1 Å². The number of rotatable bonds is 5. The molecule has 0 saturated carbocycles. The Kier molecular flexibility index (Phi) is 5.75. The number of hydrogen-bond donors (Lipinski definition) is 0. The predicted molar refractivity (Wildman–Crippen MR) is 72.1 cm³/mol. The van der Waals surface area contributed by atoms with Crippen molar-refractivity contribution in [1.82, 2.24) is 0 Å². The number of hydrogen-bond acceptors (Lipinski definition) is 4. The molecular formula is C14H16F3NO3. The van der Waals surface area contributed by atoms with Crippen molar-refractivity contribution < 1.29 is 27.4 Å². The van der Waals surface area contributed by atoms with Gasteiger partial charge in [-0.25, -0.2) is 4.99 Å². The molecule has 1 rings (SSSR count). The third-order valence-electron chi connectivity index (χ3n) is 2.78. The number of aryl methyl sites for hydroxylation is 1. The summed E-state index contributed by atoms with van der Waals surface area (Å²) in [4.78, 5) is 14.6. The van der Waals surface area contributed by atoms with Crippen molar-refractivity contribution >= 4 is 17.4 Å². The van der Waals surface area contributed by atoms with Crippen LogP contribution in [0.2, 0.25) is 0 Å². The SMILES string of the molecule is COC(=O)CCC(=Nc1ccc(OC)cc1C)C(F)(F)F. The maximum Gasteiger partial charge on any atom is 0.429 e. The van der Waals surface area contributed by atoms with E-state index in [1.54, 1.807) is 13.0 Å². The Morgan fingerprint density at radius 3 is 2.38 bits per heavy atom. The van der Waals surface area contributed by atoms with Gasteiger partial charge in [0, 0.05) is 6.42 Å². The van der Waals surface area contributed by atoms with Crippen molar-refractivity contribution in [2.24, 2.45) is 4.99 Å². The topological polar surface area (TPSA) is 47.9 Å². The zero-order valence-corrected chi connectivity index (χ0v) is 12.0. The highest BCUT2D eigenvalue weighted by Gasteiger charge is 2.35. The minimum Gasteiger partial charge on any atom is -0.497 e. The Balaban J connectivity index is 3.05. The van der Waals surface area contributed by atoms with Crippen LogP contribution in [-0.2, 0) is 9.53 Å². The molecule has 21 heavy (non-hydrogen) atoms. The second-order valence-corrected chi connectivity index (χ2v) is 4.28. The van der Waals surface area contributed by atoms with Gasteiger partial charge < -0.3 is 9.47 Å². The van der Waals surface area contributed by atoms with E-state index < -0.39 is 24.3 Å². The van der Waals surface area contributed by atoms with Gasteiger partial charge in [-0.15, -0.1) is 0 Å². The summed E-state index contributed by atoms with van der Waals surface area (Å²) in [5.41, 5.74) is -0.275. The highest BCUT2D eigenvalue weighted by molar-refractivity contribution is 5.94. The molecule has 0 amide bonds. The minimum atomic E-state index is -4.60. The van der Waals surface area contributed by atoms with Crippen LogP contribution < -0.4 is 4.74 Å². The van der Waals surface area contributed by atoms with Gasteiger partial charge in [0.25, 0.3) is 0 Å². The maximum atomic E-state index is 12.9. The van der Waals surface area contributed by atoms with Gasteiger partial charge >= 0.3 is 12.1 Å². The summed E-state index contributed by atoms with van der Waals surface area (Å²) in [5.74, 6) is -0.173. The highest BCUT2D eigenvalue weighted by atomic mass is 19.4. The van der Waals surface area contributed by atoms with Gasteiger partial charge in [0.1, 0.15) is 11.5 Å². The van der Waals surface area contributed by atoms with E-state index >= 15 is 0 Å². The molecular weight excluding hydrogens is 287 g/mol. The number of alkyl halides is 3. The molecule has 0 radical (unpaired) electrons. The Hall–Kier alpha value is -2.05. The molecule has 7 heteroatoms. The van der Waals surface area contributed by atoms with Crippen LogP contribution in [0.3, 0.4) is 0 Å². The molecule has 0 aliphatic rings. The number of nitrogens with zero attached hydrogens (tertiary/aromatic N) is 1. The Bertz CT molecular complexity index is 539. The van der Waals surface area contributed by atoms with Crippen LogP contribution in [0.5, 0.6) is 5.75 Å². The summed E-state index contributed by atoms with van der Waals surface area (Å²) >= 11 is 0. The standard InChI is InChI=1S/C14H16F3NO3/c1-9-8-10(20-2)4-5-11(9)18-12(14(15,16)17)6-7-13(19)21-3/h4-5,8H,6-7H2,1-3H3. The van der Waals surface area contributed by atoms with Crippen LogP contribution in [0.15, 0.2) is 23.2 Å². The summed E-state index contributed by atoms with van der Waals surface area (Å²) in [5, 5.41) is 0. The molecule has 0 unspecified atom stereocenters. The Labute approximate surface area is 120 Å². The number of methoxy groups -OCH3 is 2. The van der Waals surface area contributed by atoms with Gasteiger partial charge in [0.05, 0.1) is 26.3 Å². The van der Waals surface area contributed by atoms with Gasteiger partial charge in [-0.3, -0.25) is 4.79 Å². The Morgan fingerprint density at radius 1 is 1.24 bits per heavy atom. The van der Waals surface area contributed by atoms with Crippen molar-refractivity contribution in [3.63, 3.8) is 0 Å². The molecule has 0 bridgehead atoms. The monoisotopic (exact) mass is 303 g/mol. The molecule has 0 atom stereocenters. The van der Waals surface area contributed by atoms with Crippen LogP contribution >= 0.6 is 0 Å². The van der Waals surface area contributed by atoms with Crippen molar-refractivity contribution in [1.29, 1.82) is 0 Å². The summed E-state index contributed by atoms with van der Waals surface area (Å²) in [6, 6.07) is 4.56. The second kappa shape index (κ2) is 7.10. The molecule has 0 heterocycles. The van der Waals surface area contributed by atoms with E-state index in [1.165, 1.54) is 19.2 Å². The quantitative estimate of drug-likeness (QED) is 0.617. The maximum absolute atomic E-state index is 12.9. The van der Waals surface area contributed by atoms with Crippen LogP contribution in [0.25, 0.3) is 0 Å². The van der Waals surface area contributed by atoms with Crippen LogP contribution in [0, 0.1) is 6.92 Å². The minimum absolute atomic E-state index is 0.188. The number of carbonyl (C=O) groups is 1. The molecule has 0 aliphatic carbocycles. The van der Waals surface area contributed by atoms with Crippen LogP contribution in [0.1, 0.15) is 18.4 Å². The normalized spacial score (nSPS) is 12.2. The van der Waals surface area contributed by atoms with E-state index in [4.69, 9.17) is 4.74 Å². The summed E-state index contributed by atoms with van der Waals surface area (Å²) in [7, 11) is 2.59. The zero-order valence-electron chi connectivity index (χ0n) is 12.0. The van der Waals surface area contributed by atoms with Crippen molar-refractivity contribution in [3.05, 3.63) is 23.8 Å². The lowest BCUT2D eigenvalue weighted by atomic mass is 10.1. The molecule has 0 aliphatic heterocycles. The lowest BCUT2D eigenvalue weighted by molar-refractivity contribution is -0.140. The van der Waals surface area contributed by atoms with Crippen LogP contribution in [0.4, 0.5) is 18.9 Å². The molecule has 0 saturated heterocycles. The zero-order chi connectivity index (χ0) is 16.0. The first kappa shape index (κ1) is 17.0. The third kappa shape index (κ3) is 5.09. The molecule has 116 valence electrons.